The zero-order chi connectivity index (χ0) is 19.9. The number of morpholine rings is 1. The number of carbonyl (C=O) groups is 2. The van der Waals surface area contributed by atoms with Crippen LogP contribution < -0.4 is 10.2 Å². The summed E-state index contributed by atoms with van der Waals surface area (Å²) in [5, 5.41) is 2.95. The Morgan fingerprint density at radius 1 is 1.04 bits per heavy atom. The van der Waals surface area contributed by atoms with Gasteiger partial charge in [-0.25, -0.2) is 0 Å². The fourth-order valence-corrected chi connectivity index (χ4v) is 3.00. The summed E-state index contributed by atoms with van der Waals surface area (Å²) in [6.07, 6.45) is 3.23. The van der Waals surface area contributed by atoms with Gasteiger partial charge in [0.25, 0.3) is 5.91 Å². The molecule has 1 fully saturated rings. The Bertz CT molecular complexity index is 854. The number of nitrogens with zero attached hydrogens (tertiary/aromatic N) is 2. The van der Waals surface area contributed by atoms with Gasteiger partial charge in [-0.3, -0.25) is 9.59 Å². The van der Waals surface area contributed by atoms with Gasteiger partial charge < -0.3 is 19.9 Å². The number of ether oxygens (including phenoxy) is 1. The van der Waals surface area contributed by atoms with E-state index in [1.165, 1.54) is 11.0 Å². The quantitative estimate of drug-likeness (QED) is 0.812. The van der Waals surface area contributed by atoms with Gasteiger partial charge in [0.15, 0.2) is 0 Å². The highest BCUT2D eigenvalue weighted by Gasteiger charge is 2.15. The molecule has 6 nitrogen and oxygen atoms in total. The van der Waals surface area contributed by atoms with Crippen molar-refractivity contribution in [2.45, 2.75) is 0 Å². The van der Waals surface area contributed by atoms with Gasteiger partial charge in [-0.2, -0.15) is 0 Å². The van der Waals surface area contributed by atoms with Gasteiger partial charge in [0.05, 0.1) is 24.6 Å². The molecule has 2 aromatic rings. The van der Waals surface area contributed by atoms with E-state index in [0.29, 0.717) is 18.8 Å². The highest BCUT2D eigenvalue weighted by Crippen LogP contribution is 2.26. The summed E-state index contributed by atoms with van der Waals surface area (Å²) >= 11 is 0. The van der Waals surface area contributed by atoms with Crippen molar-refractivity contribution in [2.75, 3.05) is 50.6 Å². The van der Waals surface area contributed by atoms with Crippen LogP contribution in [0.3, 0.4) is 0 Å². The molecule has 0 atom stereocenters. The lowest BCUT2D eigenvalue weighted by atomic mass is 10.1. The van der Waals surface area contributed by atoms with E-state index in [1.807, 2.05) is 36.4 Å². The van der Waals surface area contributed by atoms with E-state index in [2.05, 4.69) is 10.2 Å². The number of rotatable bonds is 5. The number of nitrogens with one attached hydrogen (secondary N) is 1. The van der Waals surface area contributed by atoms with E-state index < -0.39 is 0 Å². The third-order valence-electron chi connectivity index (χ3n) is 4.50. The molecule has 0 radical (unpaired) electrons. The Balaban J connectivity index is 1.65. The van der Waals surface area contributed by atoms with Crippen LogP contribution in [0.2, 0.25) is 0 Å². The second kappa shape index (κ2) is 9.19. The van der Waals surface area contributed by atoms with Gasteiger partial charge in [0, 0.05) is 38.8 Å². The smallest absolute Gasteiger partial charge is 0.253 e. The largest absolute Gasteiger partial charge is 0.378 e. The van der Waals surface area contributed by atoms with Crippen LogP contribution in [-0.2, 0) is 9.53 Å². The Morgan fingerprint density at radius 2 is 1.71 bits per heavy atom. The zero-order valence-electron chi connectivity index (χ0n) is 16.2. The van der Waals surface area contributed by atoms with Crippen molar-refractivity contribution >= 4 is 29.3 Å². The highest BCUT2D eigenvalue weighted by atomic mass is 16.5. The van der Waals surface area contributed by atoms with E-state index in [1.54, 1.807) is 32.3 Å². The van der Waals surface area contributed by atoms with Crippen LogP contribution >= 0.6 is 0 Å². The third-order valence-corrected chi connectivity index (χ3v) is 4.50. The minimum absolute atomic E-state index is 0.0482. The Hall–Kier alpha value is -3.12. The van der Waals surface area contributed by atoms with E-state index in [9.17, 15) is 9.59 Å². The maximum Gasteiger partial charge on any atom is 0.253 e. The highest BCUT2D eigenvalue weighted by molar-refractivity contribution is 6.04. The fourth-order valence-electron chi connectivity index (χ4n) is 3.00. The average molecular weight is 379 g/mol. The van der Waals surface area contributed by atoms with E-state index in [-0.39, 0.29) is 11.8 Å². The lowest BCUT2D eigenvalue weighted by Crippen LogP contribution is -2.36. The monoisotopic (exact) mass is 379 g/mol. The maximum atomic E-state index is 12.4. The maximum absolute atomic E-state index is 12.4. The van der Waals surface area contributed by atoms with E-state index in [0.717, 1.165) is 30.0 Å². The number of benzene rings is 2. The fraction of sp³-hybridized carbons (Fsp3) is 0.273. The van der Waals surface area contributed by atoms with Crippen molar-refractivity contribution in [3.8, 4) is 0 Å². The first kappa shape index (κ1) is 19.6. The van der Waals surface area contributed by atoms with Crippen molar-refractivity contribution < 1.29 is 14.3 Å². The molecular formula is C22H25N3O3. The summed E-state index contributed by atoms with van der Waals surface area (Å²) in [7, 11) is 3.43. The Labute approximate surface area is 165 Å². The topological polar surface area (TPSA) is 61.9 Å². The molecule has 1 saturated heterocycles. The molecule has 0 spiro atoms. The van der Waals surface area contributed by atoms with Gasteiger partial charge in [-0.15, -0.1) is 0 Å². The minimum Gasteiger partial charge on any atom is -0.378 e. The van der Waals surface area contributed by atoms with Crippen molar-refractivity contribution in [3.63, 3.8) is 0 Å². The molecule has 0 aromatic heterocycles. The predicted molar refractivity (Wildman–Crippen MR) is 112 cm³/mol. The molecular weight excluding hydrogens is 354 g/mol. The summed E-state index contributed by atoms with van der Waals surface area (Å²) in [5.41, 5.74) is 3.25. The summed E-state index contributed by atoms with van der Waals surface area (Å²) in [5.74, 6) is -0.248. The summed E-state index contributed by atoms with van der Waals surface area (Å²) in [4.78, 5) is 28.0. The Morgan fingerprint density at radius 3 is 2.39 bits per heavy atom. The molecule has 1 N–H and O–H groups in total. The molecule has 6 heteroatoms. The number of amides is 2. The van der Waals surface area contributed by atoms with Gasteiger partial charge in [0.1, 0.15) is 0 Å². The molecule has 0 bridgehead atoms. The van der Waals surface area contributed by atoms with Gasteiger partial charge in [-0.1, -0.05) is 24.3 Å². The summed E-state index contributed by atoms with van der Waals surface area (Å²) in [6.45, 7) is 2.99. The molecule has 146 valence electrons. The Kier molecular flexibility index (Phi) is 6.45. The minimum atomic E-state index is -0.200. The molecule has 0 saturated carbocycles. The first-order valence-corrected chi connectivity index (χ1v) is 9.27. The lowest BCUT2D eigenvalue weighted by molar-refractivity contribution is -0.111. The van der Waals surface area contributed by atoms with Crippen LogP contribution in [0.25, 0.3) is 6.08 Å². The second-order valence-electron chi connectivity index (χ2n) is 6.76. The molecule has 0 aliphatic carbocycles. The van der Waals surface area contributed by atoms with Crippen LogP contribution in [0.15, 0.2) is 54.6 Å². The van der Waals surface area contributed by atoms with Gasteiger partial charge in [-0.05, 0) is 35.9 Å². The number of carbonyl (C=O) groups excluding carboxylic acids is 2. The van der Waals surface area contributed by atoms with E-state index >= 15 is 0 Å². The molecule has 1 aliphatic heterocycles. The second-order valence-corrected chi connectivity index (χ2v) is 6.76. The first-order valence-electron chi connectivity index (χ1n) is 9.27. The van der Waals surface area contributed by atoms with Crippen LogP contribution in [0.4, 0.5) is 11.4 Å². The van der Waals surface area contributed by atoms with Crippen LogP contribution in [0, 0.1) is 0 Å². The summed E-state index contributed by atoms with van der Waals surface area (Å²) < 4.78 is 5.40. The van der Waals surface area contributed by atoms with Crippen molar-refractivity contribution in [3.05, 3.63) is 65.7 Å². The molecule has 1 aliphatic rings. The predicted octanol–water partition coefficient (Wildman–Crippen LogP) is 2.88. The number of anilines is 2. The lowest BCUT2D eigenvalue weighted by Gasteiger charge is -2.30. The molecule has 2 amide bonds. The molecule has 0 unspecified atom stereocenters. The van der Waals surface area contributed by atoms with Crippen LogP contribution in [0.1, 0.15) is 15.9 Å². The SMILES string of the molecule is CN(C)C(=O)c1ccc(/C=C/C(=O)Nc2ccccc2N2CCOCC2)cc1. The van der Waals surface area contributed by atoms with Gasteiger partial charge >= 0.3 is 0 Å². The standard InChI is InChI=1S/C22H25N3O3/c1-24(2)22(27)18-10-7-17(8-11-18)9-12-21(26)23-19-5-3-4-6-20(19)25-13-15-28-16-14-25/h3-12H,13-16H2,1-2H3,(H,23,26)/b12-9+. The molecule has 3 rings (SSSR count). The zero-order valence-corrected chi connectivity index (χ0v) is 16.2. The van der Waals surface area contributed by atoms with Gasteiger partial charge in [0.2, 0.25) is 5.91 Å². The number of para-hydroxylation sites is 2. The normalized spacial score (nSPS) is 14.1. The molecule has 1 heterocycles. The van der Waals surface area contributed by atoms with Crippen LogP contribution in [-0.4, -0.2) is 57.1 Å². The number of hydrogen-bond donors (Lipinski definition) is 1. The van der Waals surface area contributed by atoms with Crippen LogP contribution in [0.5, 0.6) is 0 Å². The van der Waals surface area contributed by atoms with Crippen molar-refractivity contribution in [1.82, 2.24) is 4.90 Å². The molecule has 2 aromatic carbocycles. The third kappa shape index (κ3) is 4.98. The summed E-state index contributed by atoms with van der Waals surface area (Å²) in [6, 6.07) is 14.9. The average Bonchev–Trinajstić information content (AvgIpc) is 2.73. The van der Waals surface area contributed by atoms with Crippen molar-refractivity contribution in [2.24, 2.45) is 0 Å². The molecule has 28 heavy (non-hydrogen) atoms. The van der Waals surface area contributed by atoms with Crippen molar-refractivity contribution in [1.29, 1.82) is 0 Å². The first-order chi connectivity index (χ1) is 13.5. The van der Waals surface area contributed by atoms with E-state index in [4.69, 9.17) is 4.74 Å². The number of hydrogen-bond acceptors (Lipinski definition) is 4.